The fraction of sp³-hybridized carbons (Fsp3) is 0.773. The first-order chi connectivity index (χ1) is 16.5. The topological polar surface area (TPSA) is 179 Å². The van der Waals surface area contributed by atoms with E-state index in [9.17, 15) is 44.4 Å². The van der Waals surface area contributed by atoms with Crippen LogP contribution in [0.5, 0.6) is 0 Å². The van der Waals surface area contributed by atoms with Crippen LogP contribution in [0.2, 0.25) is 0 Å². The third-order valence-corrected chi connectivity index (χ3v) is 5.44. The van der Waals surface area contributed by atoms with Crippen molar-refractivity contribution in [2.24, 2.45) is 0 Å². The van der Waals surface area contributed by atoms with E-state index in [1.807, 2.05) is 13.8 Å². The lowest BCUT2D eigenvalue weighted by Gasteiger charge is -2.35. The highest BCUT2D eigenvalue weighted by molar-refractivity contribution is 5.78. The molecule has 1 atom stereocenters. The quantitative estimate of drug-likeness (QED) is 0.278. The molecule has 1 rings (SSSR count). The molecule has 13 heteroatoms. The van der Waals surface area contributed by atoms with Crippen molar-refractivity contribution in [3.8, 4) is 0 Å². The maximum absolute atomic E-state index is 11.9. The summed E-state index contributed by atoms with van der Waals surface area (Å²) >= 11 is 0. The van der Waals surface area contributed by atoms with E-state index in [0.29, 0.717) is 0 Å². The van der Waals surface area contributed by atoms with Gasteiger partial charge in [0.05, 0.1) is 19.6 Å². The van der Waals surface area contributed by atoms with Crippen molar-refractivity contribution >= 4 is 29.7 Å². The van der Waals surface area contributed by atoms with Crippen LogP contribution in [0.25, 0.3) is 0 Å². The van der Waals surface area contributed by atoms with Gasteiger partial charge in [-0.25, -0.2) is 0 Å². The second-order valence-corrected chi connectivity index (χ2v) is 8.14. The minimum Gasteiger partial charge on any atom is -0.480 e. The highest BCUT2D eigenvalue weighted by Crippen LogP contribution is 2.10. The van der Waals surface area contributed by atoms with Crippen LogP contribution in [0.15, 0.2) is 0 Å². The Bertz CT molecular complexity index is 672. The van der Waals surface area contributed by atoms with E-state index in [2.05, 4.69) is 0 Å². The maximum Gasteiger partial charge on any atom is 0.320 e. The molecule has 1 saturated heterocycles. The zero-order valence-corrected chi connectivity index (χ0v) is 20.9. The monoisotopic (exact) mass is 504 g/mol. The summed E-state index contributed by atoms with van der Waals surface area (Å²) in [5.74, 6) is -4.41. The number of carbonyl (C=O) groups is 5. The van der Waals surface area contributed by atoms with Gasteiger partial charge in [-0.1, -0.05) is 13.8 Å². The summed E-state index contributed by atoms with van der Waals surface area (Å²) in [4.78, 5) is 63.6. The summed E-state index contributed by atoms with van der Waals surface area (Å²) in [5, 5.41) is 37.4. The molecule has 202 valence electrons. The van der Waals surface area contributed by atoms with Crippen LogP contribution >= 0.6 is 0 Å². The molecular formula is C22H40N4O9. The third-order valence-electron chi connectivity index (χ3n) is 5.44. The molecule has 1 fully saturated rings. The highest BCUT2D eigenvalue weighted by atomic mass is 16.4. The zero-order chi connectivity index (χ0) is 27.0. The SMILES string of the molecule is CC.CC(=O)CCC(C(=O)O)N1CCN(CC(=O)O)CCN(CC(=O)O)CCN(CC(=O)O)CC1. The molecule has 1 aliphatic rings. The minimum absolute atomic E-state index is 0.0787. The number of hydrogen-bond acceptors (Lipinski definition) is 9. The van der Waals surface area contributed by atoms with Crippen molar-refractivity contribution in [2.45, 2.75) is 39.7 Å². The van der Waals surface area contributed by atoms with Gasteiger partial charge in [0.2, 0.25) is 0 Å². The third kappa shape index (κ3) is 15.1. The normalized spacial score (nSPS) is 18.3. The molecule has 0 aromatic rings. The molecule has 1 unspecified atom stereocenters. The van der Waals surface area contributed by atoms with E-state index in [4.69, 9.17) is 0 Å². The van der Waals surface area contributed by atoms with E-state index < -0.39 is 29.9 Å². The Morgan fingerprint density at radius 1 is 0.629 bits per heavy atom. The molecule has 35 heavy (non-hydrogen) atoms. The molecule has 0 spiro atoms. The van der Waals surface area contributed by atoms with E-state index in [0.717, 1.165) is 0 Å². The summed E-state index contributed by atoms with van der Waals surface area (Å²) in [6.45, 7) is 6.38. The van der Waals surface area contributed by atoms with Gasteiger partial charge in [0, 0.05) is 58.8 Å². The average Bonchev–Trinajstić information content (AvgIpc) is 2.75. The van der Waals surface area contributed by atoms with Gasteiger partial charge in [-0.05, 0) is 13.3 Å². The highest BCUT2D eigenvalue weighted by Gasteiger charge is 2.28. The molecule has 0 aliphatic carbocycles. The van der Waals surface area contributed by atoms with Crippen LogP contribution in [-0.2, 0) is 24.0 Å². The summed E-state index contributed by atoms with van der Waals surface area (Å²) in [7, 11) is 0. The number of nitrogens with zero attached hydrogens (tertiary/aromatic N) is 4. The summed E-state index contributed by atoms with van der Waals surface area (Å²) in [5.41, 5.74) is 0. The largest absolute Gasteiger partial charge is 0.480 e. The van der Waals surface area contributed by atoms with Crippen molar-refractivity contribution < 1.29 is 44.4 Å². The van der Waals surface area contributed by atoms with Gasteiger partial charge in [0.15, 0.2) is 0 Å². The lowest BCUT2D eigenvalue weighted by atomic mass is 10.1. The minimum atomic E-state index is -1.11. The van der Waals surface area contributed by atoms with Crippen LogP contribution in [0.4, 0.5) is 0 Å². The van der Waals surface area contributed by atoms with E-state index in [1.54, 1.807) is 19.6 Å². The Morgan fingerprint density at radius 3 is 1.20 bits per heavy atom. The van der Waals surface area contributed by atoms with Gasteiger partial charge < -0.3 is 25.2 Å². The van der Waals surface area contributed by atoms with Crippen molar-refractivity contribution in [2.75, 3.05) is 72.0 Å². The van der Waals surface area contributed by atoms with Crippen LogP contribution in [-0.4, -0.2) is 148 Å². The van der Waals surface area contributed by atoms with Crippen molar-refractivity contribution in [3.63, 3.8) is 0 Å². The molecule has 1 heterocycles. The van der Waals surface area contributed by atoms with Gasteiger partial charge in [-0.3, -0.25) is 38.8 Å². The molecule has 0 aromatic heterocycles. The predicted octanol–water partition coefficient (Wildman–Crippen LogP) is -0.690. The van der Waals surface area contributed by atoms with E-state index >= 15 is 0 Å². The summed E-state index contributed by atoms with van der Waals surface area (Å²) < 4.78 is 0. The van der Waals surface area contributed by atoms with Gasteiger partial charge >= 0.3 is 23.9 Å². The number of hydrogen-bond donors (Lipinski definition) is 4. The molecule has 13 nitrogen and oxygen atoms in total. The Morgan fingerprint density at radius 2 is 0.943 bits per heavy atom. The molecule has 0 bridgehead atoms. The molecule has 0 amide bonds. The second kappa shape index (κ2) is 17.8. The van der Waals surface area contributed by atoms with Crippen LogP contribution in [0, 0.1) is 0 Å². The first kappa shape index (κ1) is 32.4. The van der Waals surface area contributed by atoms with Crippen LogP contribution < -0.4 is 0 Å². The van der Waals surface area contributed by atoms with Crippen LogP contribution in [0.3, 0.4) is 0 Å². The molecule has 1 aliphatic heterocycles. The standard InChI is InChI=1S/C20H34N4O9.C2H6/c1-15(25)2-3-16(20(32)33)24-10-8-22(13-18(28)29)6-4-21(12-17(26)27)5-7-23(9-11-24)14-19(30)31;1-2/h16H,2-14H2,1H3,(H,26,27)(H,28,29)(H,30,31)(H,32,33);1-2H3. The number of carboxylic acid groups (broad SMARTS) is 4. The van der Waals surface area contributed by atoms with Gasteiger partial charge in [0.25, 0.3) is 0 Å². The molecule has 4 N–H and O–H groups in total. The average molecular weight is 505 g/mol. The zero-order valence-electron chi connectivity index (χ0n) is 20.9. The first-order valence-electron chi connectivity index (χ1n) is 11.8. The summed E-state index contributed by atoms with van der Waals surface area (Å²) in [6, 6.07) is -0.973. The van der Waals surface area contributed by atoms with Gasteiger partial charge in [-0.2, -0.15) is 0 Å². The fourth-order valence-corrected chi connectivity index (χ4v) is 3.71. The summed E-state index contributed by atoms with van der Waals surface area (Å²) in [6.07, 6.45) is 0.171. The number of rotatable bonds is 11. The number of aliphatic carboxylic acids is 4. The molecular weight excluding hydrogens is 464 g/mol. The van der Waals surface area contributed by atoms with E-state index in [-0.39, 0.29) is 90.6 Å². The Kier molecular flexibility index (Phi) is 16.4. The first-order valence-corrected chi connectivity index (χ1v) is 11.8. The molecule has 0 saturated carbocycles. The Labute approximate surface area is 205 Å². The Balaban J connectivity index is 0.00000562. The number of Topliss-reactive ketones (excluding diaryl/α,β-unsaturated/α-hetero) is 1. The smallest absolute Gasteiger partial charge is 0.320 e. The number of carbonyl (C=O) groups excluding carboxylic acids is 1. The lowest BCUT2D eigenvalue weighted by Crippen LogP contribution is -2.51. The number of carboxylic acids is 4. The van der Waals surface area contributed by atoms with Crippen molar-refractivity contribution in [1.82, 2.24) is 19.6 Å². The Hall–Kier alpha value is -2.61. The van der Waals surface area contributed by atoms with Crippen molar-refractivity contribution in [1.29, 1.82) is 0 Å². The van der Waals surface area contributed by atoms with Gasteiger partial charge in [-0.15, -0.1) is 0 Å². The van der Waals surface area contributed by atoms with Crippen LogP contribution in [0.1, 0.15) is 33.6 Å². The lowest BCUT2D eigenvalue weighted by molar-refractivity contribution is -0.145. The molecule has 0 radical (unpaired) electrons. The molecule has 0 aromatic carbocycles. The number of ketones is 1. The van der Waals surface area contributed by atoms with E-state index in [1.165, 1.54) is 6.92 Å². The fourth-order valence-electron chi connectivity index (χ4n) is 3.71. The van der Waals surface area contributed by atoms with Crippen molar-refractivity contribution in [3.05, 3.63) is 0 Å². The maximum atomic E-state index is 11.9. The predicted molar refractivity (Wildman–Crippen MR) is 126 cm³/mol. The second-order valence-electron chi connectivity index (χ2n) is 8.14. The van der Waals surface area contributed by atoms with Gasteiger partial charge in [0.1, 0.15) is 11.8 Å².